The molecule has 3 atom stereocenters. The van der Waals surface area contributed by atoms with Crippen molar-refractivity contribution in [3.05, 3.63) is 24.1 Å². The number of allylic oxidation sites excluding steroid dienone is 1. The van der Waals surface area contributed by atoms with E-state index in [0.29, 0.717) is 37.9 Å². The second kappa shape index (κ2) is 35.8. The molecule has 0 aromatic carbocycles. The zero-order valence-electron chi connectivity index (χ0n) is 35.6. The van der Waals surface area contributed by atoms with Crippen LogP contribution in [0, 0.1) is 17.8 Å². The molecule has 1 rings (SSSR count). The Morgan fingerprint density at radius 2 is 1.11 bits per heavy atom. The molecule has 6 heteroatoms. The van der Waals surface area contributed by atoms with Crippen LogP contribution in [0.4, 0.5) is 0 Å². The van der Waals surface area contributed by atoms with E-state index in [1.54, 1.807) is 0 Å². The molecule has 1 heterocycles. The number of nitrogens with zero attached hydrogens (tertiary/aromatic N) is 2. The summed E-state index contributed by atoms with van der Waals surface area (Å²) in [5.41, 5.74) is 5.68. The van der Waals surface area contributed by atoms with Gasteiger partial charge in [0, 0.05) is 39.0 Å². The molecule has 53 heavy (non-hydrogen) atoms. The van der Waals surface area contributed by atoms with Crippen LogP contribution in [-0.2, 0) is 19.1 Å². The van der Waals surface area contributed by atoms with Gasteiger partial charge >= 0.3 is 11.9 Å². The molecule has 308 valence electrons. The van der Waals surface area contributed by atoms with Crippen LogP contribution in [0.1, 0.15) is 194 Å². The predicted octanol–water partition coefficient (Wildman–Crippen LogP) is 12.3. The Labute approximate surface area is 329 Å². The molecule has 0 N–H and O–H groups in total. The smallest absolute Gasteiger partial charge is 0.305 e. The average molecular weight is 743 g/mol. The van der Waals surface area contributed by atoms with E-state index >= 15 is 0 Å². The van der Waals surface area contributed by atoms with Gasteiger partial charge in [0.25, 0.3) is 0 Å². The third kappa shape index (κ3) is 31.1. The van der Waals surface area contributed by atoms with Crippen molar-refractivity contribution in [1.29, 1.82) is 0 Å². The summed E-state index contributed by atoms with van der Waals surface area (Å²) in [6, 6.07) is 0. The van der Waals surface area contributed by atoms with Crippen molar-refractivity contribution < 1.29 is 19.1 Å². The minimum atomic E-state index is -0.0440. The van der Waals surface area contributed by atoms with Crippen LogP contribution < -0.4 is 0 Å². The maximum atomic E-state index is 12.2. The number of piperazine rings is 1. The molecule has 3 unspecified atom stereocenters. The normalized spacial score (nSPS) is 15.3. The first kappa shape index (κ1) is 49.2. The first-order valence-corrected chi connectivity index (χ1v) is 22.7. The van der Waals surface area contributed by atoms with Gasteiger partial charge in [-0.2, -0.15) is 0 Å². The van der Waals surface area contributed by atoms with Gasteiger partial charge in [0.2, 0.25) is 0 Å². The minimum absolute atomic E-state index is 0.00135. The van der Waals surface area contributed by atoms with E-state index in [1.165, 1.54) is 148 Å². The molecule has 0 radical (unpaired) electrons. The number of hydrogen-bond acceptors (Lipinski definition) is 6. The van der Waals surface area contributed by atoms with Gasteiger partial charge in [-0.05, 0) is 82.5 Å². The Balaban J connectivity index is 2.15. The van der Waals surface area contributed by atoms with Crippen molar-refractivity contribution in [3.8, 4) is 0 Å². The summed E-state index contributed by atoms with van der Waals surface area (Å²) in [4.78, 5) is 29.4. The van der Waals surface area contributed by atoms with Crippen molar-refractivity contribution >= 4 is 11.9 Å². The highest BCUT2D eigenvalue weighted by atomic mass is 16.5. The number of ether oxygens (including phenoxy) is 2. The quantitative estimate of drug-likeness (QED) is 0.0362. The highest BCUT2D eigenvalue weighted by Gasteiger charge is 2.16. The van der Waals surface area contributed by atoms with E-state index in [2.05, 4.69) is 55.7 Å². The van der Waals surface area contributed by atoms with Crippen LogP contribution in [0.2, 0.25) is 0 Å². The Morgan fingerprint density at radius 3 is 1.64 bits per heavy atom. The second-order valence-corrected chi connectivity index (χ2v) is 16.5. The summed E-state index contributed by atoms with van der Waals surface area (Å²) < 4.78 is 11.0. The Kier molecular flexibility index (Phi) is 33.3. The largest absolute Gasteiger partial charge is 0.466 e. The molecule has 0 bridgehead atoms. The molecule has 0 saturated carbocycles. The molecular formula is C47H86N2O4. The number of rotatable bonds is 36. The van der Waals surface area contributed by atoms with Gasteiger partial charge in [-0.3, -0.25) is 9.59 Å². The molecule has 1 aliphatic rings. The van der Waals surface area contributed by atoms with E-state index in [-0.39, 0.29) is 11.9 Å². The minimum Gasteiger partial charge on any atom is -0.466 e. The Morgan fingerprint density at radius 1 is 0.623 bits per heavy atom. The predicted molar refractivity (Wildman–Crippen MR) is 225 cm³/mol. The number of unbranched alkanes of at least 4 members (excludes halogenated alkanes) is 14. The maximum absolute atomic E-state index is 12.2. The topological polar surface area (TPSA) is 59.1 Å². The van der Waals surface area contributed by atoms with Crippen LogP contribution >= 0.6 is 0 Å². The zero-order valence-corrected chi connectivity index (χ0v) is 35.6. The van der Waals surface area contributed by atoms with Crippen molar-refractivity contribution in [3.63, 3.8) is 0 Å². The van der Waals surface area contributed by atoms with E-state index < -0.39 is 0 Å². The lowest BCUT2D eigenvalue weighted by Crippen LogP contribution is -2.44. The van der Waals surface area contributed by atoms with Crippen LogP contribution in [0.25, 0.3) is 0 Å². The number of carbonyl (C=O) groups is 2. The fourth-order valence-electron chi connectivity index (χ4n) is 7.54. The summed E-state index contributed by atoms with van der Waals surface area (Å²) in [6.45, 7) is 17.5. The summed E-state index contributed by atoms with van der Waals surface area (Å²) in [5.74, 6) is 1.86. The molecule has 0 aromatic rings. The van der Waals surface area contributed by atoms with Gasteiger partial charge in [-0.1, -0.05) is 154 Å². The molecule has 1 saturated heterocycles. The molecule has 0 amide bonds. The zero-order chi connectivity index (χ0) is 38.6. The molecule has 0 aliphatic carbocycles. The monoisotopic (exact) mass is 743 g/mol. The van der Waals surface area contributed by atoms with E-state index in [9.17, 15) is 9.59 Å². The summed E-state index contributed by atoms with van der Waals surface area (Å²) >= 11 is 0. The standard InChI is InChI=1S/C47H86N2O4/c1-6-9-26-43(4)34-41-52-46(50)31-24-20-16-12-14-18-22-29-44(33-36-49-39-37-48(5)38-40-49)30-23-19-15-13-17-21-25-32-47(51)53-42-35-45(27-10-7-2)28-11-8-3/h27,43-45H,2,6,8-9,11-26,28-42H2,1,3-5H3. The lowest BCUT2D eigenvalue weighted by atomic mass is 9.91. The third-order valence-electron chi connectivity index (χ3n) is 11.5. The molecule has 0 aromatic heterocycles. The lowest BCUT2D eigenvalue weighted by molar-refractivity contribution is -0.145. The number of carbonyl (C=O) groups excluding carboxylic acids is 2. The Bertz CT molecular complexity index is 948. The van der Waals surface area contributed by atoms with Crippen molar-refractivity contribution in [1.82, 2.24) is 9.80 Å². The lowest BCUT2D eigenvalue weighted by Gasteiger charge is -2.33. The van der Waals surface area contributed by atoms with Crippen LogP contribution in [0.3, 0.4) is 0 Å². The number of hydrogen-bond donors (Lipinski definition) is 0. The number of likely N-dealkylation sites (N-methyl/N-ethyl adjacent to an activating group) is 1. The van der Waals surface area contributed by atoms with Crippen LogP contribution in [-0.4, -0.2) is 74.7 Å². The maximum Gasteiger partial charge on any atom is 0.305 e. The Hall–Kier alpha value is -1.84. The van der Waals surface area contributed by atoms with Gasteiger partial charge in [-0.25, -0.2) is 0 Å². The summed E-state index contributed by atoms with van der Waals surface area (Å²) in [7, 11) is 2.24. The number of esters is 2. The SMILES string of the molecule is C=C=C=CC(CCCC)CCOC(=O)CCCCCCCCCC(CCCCCCCCCC(=O)OCCC(C)CCCC)CCN1CCN(C)CC1. The molecule has 1 fully saturated rings. The average Bonchev–Trinajstić information content (AvgIpc) is 3.15. The van der Waals surface area contributed by atoms with Gasteiger partial charge in [0.1, 0.15) is 0 Å². The second-order valence-electron chi connectivity index (χ2n) is 16.5. The highest BCUT2D eigenvalue weighted by molar-refractivity contribution is 5.69. The highest BCUT2D eigenvalue weighted by Crippen LogP contribution is 2.23. The fourth-order valence-corrected chi connectivity index (χ4v) is 7.54. The van der Waals surface area contributed by atoms with E-state index in [0.717, 1.165) is 50.9 Å². The summed E-state index contributed by atoms with van der Waals surface area (Å²) in [6.07, 6.45) is 33.6. The van der Waals surface area contributed by atoms with E-state index in [4.69, 9.17) is 9.47 Å². The molecular weight excluding hydrogens is 657 g/mol. The van der Waals surface area contributed by atoms with Crippen molar-refractivity contribution in [2.45, 2.75) is 194 Å². The van der Waals surface area contributed by atoms with Crippen LogP contribution in [0.5, 0.6) is 0 Å². The third-order valence-corrected chi connectivity index (χ3v) is 11.5. The first-order chi connectivity index (χ1) is 25.9. The molecule has 1 aliphatic heterocycles. The van der Waals surface area contributed by atoms with Gasteiger partial charge < -0.3 is 19.3 Å². The first-order valence-electron chi connectivity index (χ1n) is 22.7. The molecule has 6 nitrogen and oxygen atoms in total. The van der Waals surface area contributed by atoms with Crippen LogP contribution in [0.15, 0.2) is 24.1 Å². The van der Waals surface area contributed by atoms with E-state index in [1.807, 2.05) is 6.08 Å². The van der Waals surface area contributed by atoms with Crippen molar-refractivity contribution in [2.75, 3.05) is 53.0 Å². The fraction of sp³-hybridized carbons (Fsp3) is 0.872. The molecule has 0 spiro atoms. The van der Waals surface area contributed by atoms with Gasteiger partial charge in [0.15, 0.2) is 0 Å². The van der Waals surface area contributed by atoms with Gasteiger partial charge in [0.05, 0.1) is 13.2 Å². The summed E-state index contributed by atoms with van der Waals surface area (Å²) in [5, 5.41) is 0. The van der Waals surface area contributed by atoms with Gasteiger partial charge in [-0.15, -0.1) is 0 Å². The van der Waals surface area contributed by atoms with Crippen molar-refractivity contribution in [2.24, 2.45) is 17.8 Å².